The number of nitrogens with zero attached hydrogens (tertiary/aromatic N) is 3. The van der Waals surface area contributed by atoms with Crippen LogP contribution in [0.1, 0.15) is 19.4 Å². The monoisotopic (exact) mass is 373 g/mol. The summed E-state index contributed by atoms with van der Waals surface area (Å²) in [6.45, 7) is 10.5. The molecule has 27 heavy (non-hydrogen) atoms. The maximum Gasteiger partial charge on any atom is 0.219 e. The van der Waals surface area contributed by atoms with Gasteiger partial charge in [0.25, 0.3) is 0 Å². The van der Waals surface area contributed by atoms with Gasteiger partial charge in [-0.2, -0.15) is 0 Å². The third-order valence-corrected chi connectivity index (χ3v) is 5.03. The van der Waals surface area contributed by atoms with Crippen molar-refractivity contribution in [3.8, 4) is 5.75 Å². The predicted octanol–water partition coefficient (Wildman–Crippen LogP) is 0.709. The fraction of sp³-hybridized carbons (Fsp3) is 0.600. The van der Waals surface area contributed by atoms with Crippen molar-refractivity contribution in [3.05, 3.63) is 29.8 Å². The molecule has 0 aromatic heterocycles. The first kappa shape index (κ1) is 19.5. The summed E-state index contributed by atoms with van der Waals surface area (Å²) < 4.78 is 5.87. The zero-order valence-electron chi connectivity index (χ0n) is 16.4. The first-order valence-electron chi connectivity index (χ1n) is 9.84. The van der Waals surface area contributed by atoms with E-state index in [0.29, 0.717) is 12.6 Å². The lowest BCUT2D eigenvalue weighted by atomic mass is 10.1. The van der Waals surface area contributed by atoms with Crippen LogP contribution < -0.4 is 15.4 Å². The molecule has 0 saturated carbocycles. The van der Waals surface area contributed by atoms with Gasteiger partial charge in [-0.1, -0.05) is 12.1 Å². The second-order valence-corrected chi connectivity index (χ2v) is 7.25. The van der Waals surface area contributed by atoms with E-state index in [0.717, 1.165) is 63.9 Å². The molecule has 1 saturated heterocycles. The number of rotatable bonds is 7. The lowest BCUT2D eigenvalue weighted by Gasteiger charge is -2.34. The molecule has 1 aromatic carbocycles. The van der Waals surface area contributed by atoms with Crippen LogP contribution in [0.25, 0.3) is 0 Å². The van der Waals surface area contributed by atoms with E-state index in [-0.39, 0.29) is 5.91 Å². The van der Waals surface area contributed by atoms with E-state index in [9.17, 15) is 4.79 Å². The van der Waals surface area contributed by atoms with Gasteiger partial charge in [0.2, 0.25) is 5.91 Å². The number of benzene rings is 1. The van der Waals surface area contributed by atoms with Crippen molar-refractivity contribution in [2.24, 2.45) is 4.99 Å². The average molecular weight is 374 g/mol. The molecule has 3 rings (SSSR count). The Morgan fingerprint density at radius 3 is 2.63 bits per heavy atom. The van der Waals surface area contributed by atoms with E-state index in [1.807, 2.05) is 17.0 Å². The van der Waals surface area contributed by atoms with Crippen LogP contribution in [-0.2, 0) is 11.2 Å². The summed E-state index contributed by atoms with van der Waals surface area (Å²) in [6, 6.07) is 8.75. The molecule has 7 nitrogen and oxygen atoms in total. The van der Waals surface area contributed by atoms with E-state index < -0.39 is 0 Å². The Hall–Kier alpha value is -2.28. The molecule has 1 unspecified atom stereocenters. The lowest BCUT2D eigenvalue weighted by molar-refractivity contribution is -0.130. The Balaban J connectivity index is 1.30. The van der Waals surface area contributed by atoms with Gasteiger partial charge in [0, 0.05) is 52.2 Å². The second kappa shape index (κ2) is 9.60. The lowest BCUT2D eigenvalue weighted by Crippen LogP contribution is -2.48. The molecule has 1 amide bonds. The van der Waals surface area contributed by atoms with Gasteiger partial charge in [-0.3, -0.25) is 14.7 Å². The Kier molecular flexibility index (Phi) is 6.92. The Morgan fingerprint density at radius 1 is 1.26 bits per heavy atom. The molecular weight excluding hydrogens is 342 g/mol. The number of nitrogens with one attached hydrogen (secondary N) is 2. The van der Waals surface area contributed by atoms with Crippen LogP contribution in [0.5, 0.6) is 5.75 Å². The van der Waals surface area contributed by atoms with Crippen molar-refractivity contribution in [2.45, 2.75) is 26.3 Å². The minimum atomic E-state index is 0.170. The fourth-order valence-corrected chi connectivity index (χ4v) is 3.32. The van der Waals surface area contributed by atoms with Crippen molar-refractivity contribution in [3.63, 3.8) is 0 Å². The maximum atomic E-state index is 11.3. The highest BCUT2D eigenvalue weighted by molar-refractivity contribution is 5.81. The number of hydrogen-bond donors (Lipinski definition) is 2. The van der Waals surface area contributed by atoms with Gasteiger partial charge in [-0.25, -0.2) is 0 Å². The molecule has 7 heteroatoms. The predicted molar refractivity (Wildman–Crippen MR) is 107 cm³/mol. The van der Waals surface area contributed by atoms with Gasteiger partial charge in [0.05, 0.1) is 6.54 Å². The van der Waals surface area contributed by atoms with Crippen molar-refractivity contribution in [1.29, 1.82) is 0 Å². The molecule has 1 fully saturated rings. The molecule has 0 spiro atoms. The molecule has 1 aromatic rings. The van der Waals surface area contributed by atoms with Crippen LogP contribution in [0.4, 0.5) is 0 Å². The van der Waals surface area contributed by atoms with E-state index >= 15 is 0 Å². The summed E-state index contributed by atoms with van der Waals surface area (Å²) in [5.74, 6) is 1.99. The molecule has 2 N–H and O–H groups in total. The Bertz CT molecular complexity index is 638. The molecule has 0 bridgehead atoms. The number of carbonyl (C=O) groups is 1. The molecule has 2 aliphatic rings. The number of hydrogen-bond acceptors (Lipinski definition) is 6. The van der Waals surface area contributed by atoms with Crippen LogP contribution in [0.2, 0.25) is 0 Å². The van der Waals surface area contributed by atoms with Crippen LogP contribution >= 0.6 is 0 Å². The van der Waals surface area contributed by atoms with Gasteiger partial charge < -0.3 is 20.3 Å². The van der Waals surface area contributed by atoms with Crippen LogP contribution in [0, 0.1) is 0 Å². The van der Waals surface area contributed by atoms with Gasteiger partial charge in [0.15, 0.2) is 5.96 Å². The SMILES string of the molecule is CC(=O)N1CCN(CCOc2ccc(CCNC3=NCC(C)N3)cc2)CC1. The van der Waals surface area contributed by atoms with Gasteiger partial charge in [0.1, 0.15) is 12.4 Å². The molecule has 0 radical (unpaired) electrons. The highest BCUT2D eigenvalue weighted by atomic mass is 16.5. The van der Waals surface area contributed by atoms with E-state index in [1.54, 1.807) is 6.92 Å². The van der Waals surface area contributed by atoms with Crippen LogP contribution in [0.15, 0.2) is 29.3 Å². The number of amides is 1. The highest BCUT2D eigenvalue weighted by Crippen LogP contribution is 2.13. The van der Waals surface area contributed by atoms with E-state index in [4.69, 9.17) is 4.74 Å². The van der Waals surface area contributed by atoms with E-state index in [2.05, 4.69) is 39.6 Å². The normalized spacial score (nSPS) is 20.1. The third-order valence-electron chi connectivity index (χ3n) is 5.03. The average Bonchev–Trinajstić information content (AvgIpc) is 3.08. The summed E-state index contributed by atoms with van der Waals surface area (Å²) in [7, 11) is 0. The number of piperazine rings is 1. The van der Waals surface area contributed by atoms with Crippen LogP contribution in [-0.4, -0.2) is 80.1 Å². The maximum absolute atomic E-state index is 11.3. The highest BCUT2D eigenvalue weighted by Gasteiger charge is 2.18. The molecule has 1 atom stereocenters. The summed E-state index contributed by atoms with van der Waals surface area (Å²) >= 11 is 0. The molecule has 2 aliphatic heterocycles. The smallest absolute Gasteiger partial charge is 0.219 e. The first-order valence-corrected chi connectivity index (χ1v) is 9.84. The van der Waals surface area contributed by atoms with Gasteiger partial charge in [-0.15, -0.1) is 0 Å². The summed E-state index contributed by atoms with van der Waals surface area (Å²) in [4.78, 5) is 20.0. The first-order chi connectivity index (χ1) is 13.1. The zero-order valence-corrected chi connectivity index (χ0v) is 16.4. The fourth-order valence-electron chi connectivity index (χ4n) is 3.32. The molecular formula is C20H31N5O2. The summed E-state index contributed by atoms with van der Waals surface area (Å²) in [6.07, 6.45) is 0.954. The van der Waals surface area contributed by atoms with Crippen molar-refractivity contribution in [1.82, 2.24) is 20.4 Å². The number of aliphatic imine (C=N–C) groups is 1. The van der Waals surface area contributed by atoms with Gasteiger partial charge in [-0.05, 0) is 31.0 Å². The van der Waals surface area contributed by atoms with E-state index in [1.165, 1.54) is 5.56 Å². The second-order valence-electron chi connectivity index (χ2n) is 7.25. The summed E-state index contributed by atoms with van der Waals surface area (Å²) in [5.41, 5.74) is 1.28. The number of ether oxygens (including phenoxy) is 1. The minimum Gasteiger partial charge on any atom is -0.492 e. The Labute approximate surface area is 161 Å². The quantitative estimate of drug-likeness (QED) is 0.737. The summed E-state index contributed by atoms with van der Waals surface area (Å²) in [5, 5.41) is 6.64. The van der Waals surface area contributed by atoms with Crippen molar-refractivity contribution in [2.75, 3.05) is 52.4 Å². The molecule has 2 heterocycles. The largest absolute Gasteiger partial charge is 0.492 e. The zero-order chi connectivity index (χ0) is 19.1. The van der Waals surface area contributed by atoms with Crippen molar-refractivity contribution < 1.29 is 9.53 Å². The Morgan fingerprint density at radius 2 is 2.00 bits per heavy atom. The minimum absolute atomic E-state index is 0.170. The third kappa shape index (κ3) is 6.13. The standard InChI is InChI=1S/C20H31N5O2/c1-16-15-22-20(23-16)21-8-7-18-3-5-19(6-4-18)27-14-13-24-9-11-25(12-10-24)17(2)26/h3-6,16H,7-15H2,1-2H3,(H2,21,22,23). The van der Waals surface area contributed by atoms with Crippen molar-refractivity contribution >= 4 is 11.9 Å². The topological polar surface area (TPSA) is 69.2 Å². The van der Waals surface area contributed by atoms with Crippen LogP contribution in [0.3, 0.4) is 0 Å². The molecule has 0 aliphatic carbocycles. The number of guanidine groups is 1. The number of carbonyl (C=O) groups excluding carboxylic acids is 1. The van der Waals surface area contributed by atoms with Gasteiger partial charge >= 0.3 is 0 Å². The molecule has 148 valence electrons.